The van der Waals surface area contributed by atoms with Gasteiger partial charge in [0.1, 0.15) is 0 Å². The van der Waals surface area contributed by atoms with Crippen LogP contribution in [0.1, 0.15) is 16.7 Å². The summed E-state index contributed by atoms with van der Waals surface area (Å²) >= 11 is 0. The molecule has 0 aliphatic carbocycles. The van der Waals surface area contributed by atoms with E-state index in [2.05, 4.69) is 28.1 Å². The molecule has 26 heavy (non-hydrogen) atoms. The van der Waals surface area contributed by atoms with Crippen molar-refractivity contribution in [2.24, 2.45) is 0 Å². The first-order valence-corrected chi connectivity index (χ1v) is 8.72. The molecule has 0 fully saturated rings. The van der Waals surface area contributed by atoms with Gasteiger partial charge in [0, 0.05) is 25.3 Å². The van der Waals surface area contributed by atoms with Crippen LogP contribution in [0, 0.1) is 0 Å². The van der Waals surface area contributed by atoms with Gasteiger partial charge in [0.2, 0.25) is 0 Å². The van der Waals surface area contributed by atoms with Crippen LogP contribution in [0.4, 0.5) is 10.5 Å². The molecule has 0 aromatic heterocycles. The lowest BCUT2D eigenvalue weighted by Crippen LogP contribution is -2.28. The number of urea groups is 1. The number of hydrogen-bond donors (Lipinski definition) is 3. The van der Waals surface area contributed by atoms with E-state index >= 15 is 0 Å². The molecule has 0 saturated carbocycles. The maximum Gasteiger partial charge on any atom is 0.319 e. The van der Waals surface area contributed by atoms with Gasteiger partial charge in [0.05, 0.1) is 0 Å². The second kappa shape index (κ2) is 9.39. The van der Waals surface area contributed by atoms with Gasteiger partial charge in [-0.3, -0.25) is 0 Å². The standard InChI is InChI=1S/C22H23N3O/c26-22(24-17-19-9-5-2-6-10-19)25-21-13-11-20(12-14-21)16-23-15-18-7-3-1-4-8-18/h1-14,23H,15-17H2,(H2,24,25,26). The fourth-order valence-electron chi connectivity index (χ4n) is 2.61. The van der Waals surface area contributed by atoms with Crippen molar-refractivity contribution in [2.75, 3.05) is 5.32 Å². The average molecular weight is 345 g/mol. The summed E-state index contributed by atoms with van der Waals surface area (Å²) < 4.78 is 0. The van der Waals surface area contributed by atoms with Crippen LogP contribution in [-0.2, 0) is 19.6 Å². The highest BCUT2D eigenvalue weighted by atomic mass is 16.2. The molecule has 0 atom stereocenters. The van der Waals surface area contributed by atoms with Crippen LogP contribution in [0.5, 0.6) is 0 Å². The molecule has 0 aliphatic heterocycles. The monoisotopic (exact) mass is 345 g/mol. The van der Waals surface area contributed by atoms with Crippen molar-refractivity contribution < 1.29 is 4.79 Å². The number of nitrogens with one attached hydrogen (secondary N) is 3. The van der Waals surface area contributed by atoms with Crippen molar-refractivity contribution in [3.8, 4) is 0 Å². The van der Waals surface area contributed by atoms with Crippen molar-refractivity contribution in [1.82, 2.24) is 10.6 Å². The Labute approximate surface area is 154 Å². The Hall–Kier alpha value is -3.11. The molecule has 3 aromatic rings. The summed E-state index contributed by atoms with van der Waals surface area (Å²) in [6, 6.07) is 27.8. The number of amides is 2. The van der Waals surface area contributed by atoms with Crippen molar-refractivity contribution in [3.63, 3.8) is 0 Å². The Kier molecular flexibility index (Phi) is 6.40. The first-order chi connectivity index (χ1) is 12.8. The third kappa shape index (κ3) is 5.76. The Morgan fingerprint density at radius 3 is 1.69 bits per heavy atom. The van der Waals surface area contributed by atoms with E-state index < -0.39 is 0 Å². The molecule has 0 heterocycles. The second-order valence-electron chi connectivity index (χ2n) is 6.08. The molecular weight excluding hydrogens is 322 g/mol. The zero-order valence-electron chi connectivity index (χ0n) is 14.6. The van der Waals surface area contributed by atoms with Crippen LogP contribution in [0.15, 0.2) is 84.9 Å². The molecule has 4 nitrogen and oxygen atoms in total. The van der Waals surface area contributed by atoms with E-state index in [9.17, 15) is 4.79 Å². The smallest absolute Gasteiger partial charge is 0.319 e. The minimum Gasteiger partial charge on any atom is -0.334 e. The summed E-state index contributed by atoms with van der Waals surface area (Å²) in [6.45, 7) is 2.13. The molecular formula is C22H23N3O. The summed E-state index contributed by atoms with van der Waals surface area (Å²) in [5.74, 6) is 0. The Bertz CT molecular complexity index is 802. The molecule has 2 amide bonds. The van der Waals surface area contributed by atoms with Gasteiger partial charge in [-0.1, -0.05) is 72.8 Å². The first kappa shape index (κ1) is 17.7. The fourth-order valence-corrected chi connectivity index (χ4v) is 2.61. The zero-order chi connectivity index (χ0) is 18.0. The van der Waals surface area contributed by atoms with E-state index in [0.717, 1.165) is 24.3 Å². The maximum atomic E-state index is 12.0. The molecule has 0 unspecified atom stereocenters. The van der Waals surface area contributed by atoms with E-state index in [4.69, 9.17) is 0 Å². The number of hydrogen-bond acceptors (Lipinski definition) is 2. The van der Waals surface area contributed by atoms with Gasteiger partial charge in [-0.15, -0.1) is 0 Å². The molecule has 0 spiro atoms. The molecule has 132 valence electrons. The predicted octanol–water partition coefficient (Wildman–Crippen LogP) is 4.30. The summed E-state index contributed by atoms with van der Waals surface area (Å²) in [5.41, 5.74) is 4.29. The highest BCUT2D eigenvalue weighted by Gasteiger charge is 2.02. The van der Waals surface area contributed by atoms with E-state index in [1.54, 1.807) is 0 Å². The lowest BCUT2D eigenvalue weighted by molar-refractivity contribution is 0.251. The zero-order valence-corrected chi connectivity index (χ0v) is 14.6. The van der Waals surface area contributed by atoms with E-state index in [1.165, 1.54) is 11.1 Å². The molecule has 3 N–H and O–H groups in total. The molecule has 3 rings (SSSR count). The minimum absolute atomic E-state index is 0.205. The molecule has 0 radical (unpaired) electrons. The van der Waals surface area contributed by atoms with Gasteiger partial charge < -0.3 is 16.0 Å². The number of benzene rings is 3. The van der Waals surface area contributed by atoms with Crippen LogP contribution in [0.2, 0.25) is 0 Å². The molecule has 0 saturated heterocycles. The van der Waals surface area contributed by atoms with Gasteiger partial charge in [0.25, 0.3) is 0 Å². The number of rotatable bonds is 7. The van der Waals surface area contributed by atoms with Crippen molar-refractivity contribution in [3.05, 3.63) is 102 Å². The molecule has 4 heteroatoms. The fraction of sp³-hybridized carbons (Fsp3) is 0.136. The van der Waals surface area contributed by atoms with Crippen LogP contribution in [-0.4, -0.2) is 6.03 Å². The Balaban J connectivity index is 1.41. The van der Waals surface area contributed by atoms with Crippen LogP contribution in [0.25, 0.3) is 0 Å². The first-order valence-electron chi connectivity index (χ1n) is 8.72. The number of carbonyl (C=O) groups excluding carboxylic acids is 1. The van der Waals surface area contributed by atoms with Gasteiger partial charge >= 0.3 is 6.03 Å². The lowest BCUT2D eigenvalue weighted by atomic mass is 10.2. The normalized spacial score (nSPS) is 10.3. The van der Waals surface area contributed by atoms with Crippen molar-refractivity contribution in [1.29, 1.82) is 0 Å². The largest absolute Gasteiger partial charge is 0.334 e. The number of anilines is 1. The maximum absolute atomic E-state index is 12.0. The van der Waals surface area contributed by atoms with Crippen LogP contribution in [0.3, 0.4) is 0 Å². The van der Waals surface area contributed by atoms with Crippen molar-refractivity contribution in [2.45, 2.75) is 19.6 Å². The van der Waals surface area contributed by atoms with Gasteiger partial charge in [-0.05, 0) is 28.8 Å². The van der Waals surface area contributed by atoms with E-state index in [0.29, 0.717) is 6.54 Å². The van der Waals surface area contributed by atoms with Gasteiger partial charge in [0.15, 0.2) is 0 Å². The molecule has 0 bridgehead atoms. The van der Waals surface area contributed by atoms with Crippen molar-refractivity contribution >= 4 is 11.7 Å². The van der Waals surface area contributed by atoms with Crippen LogP contribution < -0.4 is 16.0 Å². The summed E-state index contributed by atoms with van der Waals surface area (Å²) in [7, 11) is 0. The van der Waals surface area contributed by atoms with E-state index in [1.807, 2.05) is 72.8 Å². The third-order valence-corrected chi connectivity index (χ3v) is 4.01. The lowest BCUT2D eigenvalue weighted by Gasteiger charge is -2.09. The summed E-state index contributed by atoms with van der Waals surface area (Å²) in [4.78, 5) is 12.0. The Morgan fingerprint density at radius 2 is 1.12 bits per heavy atom. The highest BCUT2D eigenvalue weighted by Crippen LogP contribution is 2.10. The highest BCUT2D eigenvalue weighted by molar-refractivity contribution is 5.89. The van der Waals surface area contributed by atoms with Gasteiger partial charge in [-0.2, -0.15) is 0 Å². The molecule has 3 aromatic carbocycles. The number of carbonyl (C=O) groups is 1. The summed E-state index contributed by atoms with van der Waals surface area (Å²) in [6.07, 6.45) is 0. The SMILES string of the molecule is O=C(NCc1ccccc1)Nc1ccc(CNCc2ccccc2)cc1. The van der Waals surface area contributed by atoms with Gasteiger partial charge in [-0.25, -0.2) is 4.79 Å². The minimum atomic E-state index is -0.205. The average Bonchev–Trinajstić information content (AvgIpc) is 2.69. The quantitative estimate of drug-likeness (QED) is 0.598. The van der Waals surface area contributed by atoms with E-state index in [-0.39, 0.29) is 6.03 Å². The topological polar surface area (TPSA) is 53.2 Å². The Morgan fingerprint density at radius 1 is 0.615 bits per heavy atom. The predicted molar refractivity (Wildman–Crippen MR) is 106 cm³/mol. The second-order valence-corrected chi connectivity index (χ2v) is 6.08. The van der Waals surface area contributed by atoms with Crippen LogP contribution >= 0.6 is 0 Å². The summed E-state index contributed by atoms with van der Waals surface area (Å²) in [5, 5.41) is 9.12. The molecule has 0 aliphatic rings. The third-order valence-electron chi connectivity index (χ3n) is 4.01.